The lowest BCUT2D eigenvalue weighted by Gasteiger charge is -2.07. The van der Waals surface area contributed by atoms with Crippen LogP contribution in [0.4, 0.5) is 4.79 Å². The van der Waals surface area contributed by atoms with Gasteiger partial charge >= 0.3 is 5.97 Å². The minimum absolute atomic E-state index is 0.285. The Bertz CT molecular complexity index is 626. The van der Waals surface area contributed by atoms with Crippen LogP contribution in [0.3, 0.4) is 0 Å². The first kappa shape index (κ1) is 15.1. The molecule has 21 heavy (non-hydrogen) atoms. The van der Waals surface area contributed by atoms with E-state index in [0.717, 1.165) is 11.8 Å². The van der Waals surface area contributed by atoms with Gasteiger partial charge in [-0.1, -0.05) is 12.1 Å². The molecule has 1 aliphatic rings. The number of imide groups is 1. The van der Waals surface area contributed by atoms with Gasteiger partial charge in [0.25, 0.3) is 11.1 Å². The van der Waals surface area contributed by atoms with Crippen molar-refractivity contribution in [3.8, 4) is 5.75 Å². The molecule has 0 atom stereocenters. The van der Waals surface area contributed by atoms with Crippen molar-refractivity contribution in [2.45, 2.75) is 6.92 Å². The molecule has 0 saturated carbocycles. The van der Waals surface area contributed by atoms with Crippen LogP contribution in [0.25, 0.3) is 6.08 Å². The van der Waals surface area contributed by atoms with Gasteiger partial charge in [0.05, 0.1) is 4.91 Å². The van der Waals surface area contributed by atoms with Crippen LogP contribution in [0.5, 0.6) is 5.75 Å². The second-order valence-corrected chi connectivity index (χ2v) is 5.17. The molecule has 2 rings (SSSR count). The Kier molecular flexibility index (Phi) is 4.64. The van der Waals surface area contributed by atoms with E-state index >= 15 is 0 Å². The van der Waals surface area contributed by atoms with Crippen LogP contribution in [0.2, 0.25) is 0 Å². The van der Waals surface area contributed by atoms with Crippen LogP contribution in [0, 0.1) is 0 Å². The minimum atomic E-state index is -1.07. The number of nitrogens with zero attached hydrogens (tertiary/aromatic N) is 1. The molecule has 1 aliphatic heterocycles. The second-order valence-electron chi connectivity index (χ2n) is 4.18. The molecule has 0 radical (unpaired) electrons. The summed E-state index contributed by atoms with van der Waals surface area (Å²) in [6.45, 7) is 1.64. The first-order valence-electron chi connectivity index (χ1n) is 6.21. The molecular formula is C14H13NO5S. The third-order valence-electron chi connectivity index (χ3n) is 2.71. The number of carbonyl (C=O) groups is 3. The molecule has 0 bridgehead atoms. The molecule has 1 saturated heterocycles. The molecule has 6 nitrogen and oxygen atoms in total. The molecule has 0 unspecified atom stereocenters. The number of rotatable bonds is 5. The maximum atomic E-state index is 12.0. The van der Waals surface area contributed by atoms with Gasteiger partial charge in [-0.05, 0) is 42.5 Å². The largest absolute Gasteiger partial charge is 0.482 e. The zero-order valence-electron chi connectivity index (χ0n) is 11.2. The summed E-state index contributed by atoms with van der Waals surface area (Å²) >= 11 is 0.889. The molecule has 0 spiro atoms. The van der Waals surface area contributed by atoms with Crippen LogP contribution in [0.1, 0.15) is 12.5 Å². The second kappa shape index (κ2) is 6.45. The van der Waals surface area contributed by atoms with Gasteiger partial charge in [0.15, 0.2) is 6.61 Å². The number of carbonyl (C=O) groups excluding carboxylic acids is 2. The summed E-state index contributed by atoms with van der Waals surface area (Å²) in [5, 5.41) is 8.28. The maximum Gasteiger partial charge on any atom is 0.341 e. The quantitative estimate of drug-likeness (QED) is 0.840. The lowest BCUT2D eigenvalue weighted by Crippen LogP contribution is -2.27. The van der Waals surface area contributed by atoms with Gasteiger partial charge in [-0.15, -0.1) is 0 Å². The topological polar surface area (TPSA) is 83.9 Å². The van der Waals surface area contributed by atoms with Gasteiger partial charge in [0, 0.05) is 6.54 Å². The Morgan fingerprint density at radius 3 is 2.81 bits per heavy atom. The van der Waals surface area contributed by atoms with E-state index in [4.69, 9.17) is 9.84 Å². The lowest BCUT2D eigenvalue weighted by atomic mass is 10.2. The molecule has 110 valence electrons. The summed E-state index contributed by atoms with van der Waals surface area (Å²) in [6, 6.07) is 6.67. The van der Waals surface area contributed by atoms with Gasteiger partial charge in [-0.3, -0.25) is 14.5 Å². The molecule has 1 fully saturated rings. The Morgan fingerprint density at radius 1 is 1.43 bits per heavy atom. The predicted molar refractivity (Wildman–Crippen MR) is 77.9 cm³/mol. The number of hydrogen-bond donors (Lipinski definition) is 1. The average molecular weight is 307 g/mol. The fraction of sp³-hybridized carbons (Fsp3) is 0.214. The van der Waals surface area contributed by atoms with Crippen molar-refractivity contribution in [3.05, 3.63) is 34.7 Å². The number of likely N-dealkylation sites (N-methyl/N-ethyl adjacent to an activating group) is 1. The van der Waals surface area contributed by atoms with Crippen molar-refractivity contribution in [2.75, 3.05) is 13.2 Å². The summed E-state index contributed by atoms with van der Waals surface area (Å²) in [6.07, 6.45) is 1.59. The SMILES string of the molecule is CCN1C(=O)S/C(=C/c2cccc(OCC(=O)O)c2)C1=O. The monoisotopic (exact) mass is 307 g/mol. The van der Waals surface area contributed by atoms with Gasteiger partial charge < -0.3 is 9.84 Å². The molecule has 1 N–H and O–H groups in total. The van der Waals surface area contributed by atoms with E-state index < -0.39 is 12.6 Å². The summed E-state index contributed by atoms with van der Waals surface area (Å²) < 4.78 is 5.06. The number of amides is 2. The fourth-order valence-corrected chi connectivity index (χ4v) is 2.67. The van der Waals surface area contributed by atoms with E-state index in [9.17, 15) is 14.4 Å². The summed E-state index contributed by atoms with van der Waals surface area (Å²) in [5.74, 6) is -0.991. The molecule has 1 aromatic carbocycles. The number of carboxylic acid groups (broad SMARTS) is 1. The highest BCUT2D eigenvalue weighted by atomic mass is 32.2. The summed E-state index contributed by atoms with van der Waals surface area (Å²) in [5.41, 5.74) is 0.666. The highest BCUT2D eigenvalue weighted by Crippen LogP contribution is 2.32. The first-order valence-corrected chi connectivity index (χ1v) is 7.03. The molecule has 0 aromatic heterocycles. The zero-order valence-corrected chi connectivity index (χ0v) is 12.1. The lowest BCUT2D eigenvalue weighted by molar-refractivity contribution is -0.139. The third kappa shape index (κ3) is 3.63. The van der Waals surface area contributed by atoms with Crippen LogP contribution in [-0.2, 0) is 9.59 Å². The Labute approximate surface area is 125 Å². The highest BCUT2D eigenvalue weighted by Gasteiger charge is 2.33. The van der Waals surface area contributed by atoms with Crippen LogP contribution in [-0.4, -0.2) is 40.3 Å². The third-order valence-corrected chi connectivity index (χ3v) is 3.62. The van der Waals surface area contributed by atoms with Crippen LogP contribution < -0.4 is 4.74 Å². The molecule has 7 heteroatoms. The van der Waals surface area contributed by atoms with Crippen LogP contribution in [0.15, 0.2) is 29.2 Å². The van der Waals surface area contributed by atoms with E-state index in [1.54, 1.807) is 37.3 Å². The summed E-state index contributed by atoms with van der Waals surface area (Å²) in [4.78, 5) is 35.5. The predicted octanol–water partition coefficient (Wildman–Crippen LogP) is 2.21. The van der Waals surface area contributed by atoms with Crippen molar-refractivity contribution in [3.63, 3.8) is 0 Å². The van der Waals surface area contributed by atoms with Crippen molar-refractivity contribution in [1.82, 2.24) is 4.90 Å². The molecule has 1 heterocycles. The van der Waals surface area contributed by atoms with Crippen molar-refractivity contribution < 1.29 is 24.2 Å². The Morgan fingerprint density at radius 2 is 2.19 bits per heavy atom. The van der Waals surface area contributed by atoms with Crippen LogP contribution >= 0.6 is 11.8 Å². The molecular weight excluding hydrogens is 294 g/mol. The zero-order chi connectivity index (χ0) is 15.4. The number of carboxylic acids is 1. The van der Waals surface area contributed by atoms with Gasteiger partial charge in [-0.25, -0.2) is 4.79 Å². The van der Waals surface area contributed by atoms with Gasteiger partial charge in [0.1, 0.15) is 5.75 Å². The highest BCUT2D eigenvalue weighted by molar-refractivity contribution is 8.18. The standard InChI is InChI=1S/C14H13NO5S/c1-2-15-13(18)11(21-14(15)19)7-9-4-3-5-10(6-9)20-8-12(16)17/h3-7H,2,8H2,1H3,(H,16,17)/b11-7+. The molecule has 0 aliphatic carbocycles. The number of thioether (sulfide) groups is 1. The van der Waals surface area contributed by atoms with Crippen molar-refractivity contribution in [1.29, 1.82) is 0 Å². The van der Waals surface area contributed by atoms with E-state index in [-0.39, 0.29) is 11.1 Å². The number of hydrogen-bond acceptors (Lipinski definition) is 5. The van der Waals surface area contributed by atoms with Gasteiger partial charge in [0.2, 0.25) is 0 Å². The number of aliphatic carboxylic acids is 1. The van der Waals surface area contributed by atoms with Crippen molar-refractivity contribution in [2.24, 2.45) is 0 Å². The Balaban J connectivity index is 2.18. The number of ether oxygens (including phenoxy) is 1. The average Bonchev–Trinajstić information content (AvgIpc) is 2.71. The molecule has 2 amide bonds. The van der Waals surface area contributed by atoms with E-state index in [1.165, 1.54) is 4.90 Å². The number of benzene rings is 1. The smallest absolute Gasteiger partial charge is 0.341 e. The van der Waals surface area contributed by atoms with E-state index in [0.29, 0.717) is 22.8 Å². The van der Waals surface area contributed by atoms with E-state index in [1.807, 2.05) is 0 Å². The van der Waals surface area contributed by atoms with Gasteiger partial charge in [-0.2, -0.15) is 0 Å². The molecule has 1 aromatic rings. The first-order chi connectivity index (χ1) is 10.0. The minimum Gasteiger partial charge on any atom is -0.482 e. The summed E-state index contributed by atoms with van der Waals surface area (Å²) in [7, 11) is 0. The van der Waals surface area contributed by atoms with Crippen molar-refractivity contribution >= 4 is 35.0 Å². The fourth-order valence-electron chi connectivity index (χ4n) is 1.76. The maximum absolute atomic E-state index is 12.0. The Hall–Kier alpha value is -2.28. The van der Waals surface area contributed by atoms with E-state index in [2.05, 4.69) is 0 Å². The normalized spacial score (nSPS) is 16.6.